The summed E-state index contributed by atoms with van der Waals surface area (Å²) in [6.45, 7) is 3.03. The van der Waals surface area contributed by atoms with Crippen LogP contribution in [0.2, 0.25) is 0 Å². The molecule has 6 heteroatoms. The van der Waals surface area contributed by atoms with Crippen LogP contribution in [0.4, 0.5) is 5.82 Å². The molecule has 2 N–H and O–H groups in total. The Bertz CT molecular complexity index is 733. The van der Waals surface area contributed by atoms with Gasteiger partial charge in [0.1, 0.15) is 11.6 Å². The van der Waals surface area contributed by atoms with Crippen molar-refractivity contribution < 1.29 is 0 Å². The van der Waals surface area contributed by atoms with Gasteiger partial charge >= 0.3 is 0 Å². The second-order valence-corrected chi connectivity index (χ2v) is 7.83. The van der Waals surface area contributed by atoms with Gasteiger partial charge in [-0.25, -0.2) is 15.0 Å². The van der Waals surface area contributed by atoms with Gasteiger partial charge in [0.15, 0.2) is 0 Å². The number of hydrogen-bond donors (Lipinski definition) is 2. The Labute approximate surface area is 148 Å². The third kappa shape index (κ3) is 3.68. The van der Waals surface area contributed by atoms with Gasteiger partial charge in [-0.05, 0) is 38.0 Å². The van der Waals surface area contributed by atoms with Crippen molar-refractivity contribution in [3.63, 3.8) is 0 Å². The largest absolute Gasteiger partial charge is 0.367 e. The first kappa shape index (κ1) is 15.3. The maximum atomic E-state index is 4.98. The zero-order valence-electron chi connectivity index (χ0n) is 14.7. The van der Waals surface area contributed by atoms with E-state index >= 15 is 0 Å². The highest BCUT2D eigenvalue weighted by atomic mass is 15.1. The van der Waals surface area contributed by atoms with E-state index in [0.29, 0.717) is 6.04 Å². The lowest BCUT2D eigenvalue weighted by Crippen LogP contribution is -2.26. The van der Waals surface area contributed by atoms with Crippen molar-refractivity contribution in [2.75, 3.05) is 18.4 Å². The molecule has 0 aromatic carbocycles. The number of nitrogens with one attached hydrogen (secondary N) is 2. The second kappa shape index (κ2) is 6.41. The fourth-order valence-corrected chi connectivity index (χ4v) is 3.68. The topological polar surface area (TPSA) is 69.7 Å². The van der Waals surface area contributed by atoms with Crippen LogP contribution in [-0.2, 0) is 25.8 Å². The number of aromatic nitrogens is 4. The van der Waals surface area contributed by atoms with E-state index in [4.69, 9.17) is 9.97 Å². The van der Waals surface area contributed by atoms with Gasteiger partial charge in [-0.1, -0.05) is 0 Å². The van der Waals surface area contributed by atoms with Crippen LogP contribution in [0.3, 0.4) is 0 Å². The van der Waals surface area contributed by atoms with Crippen LogP contribution in [0.25, 0.3) is 0 Å². The first-order valence-corrected chi connectivity index (χ1v) is 9.68. The Morgan fingerprint density at radius 2 is 2.00 bits per heavy atom. The molecule has 6 nitrogen and oxygen atoms in total. The van der Waals surface area contributed by atoms with E-state index in [1.807, 2.05) is 6.20 Å². The minimum absolute atomic E-state index is 0.636. The van der Waals surface area contributed by atoms with Crippen LogP contribution in [0.1, 0.15) is 48.5 Å². The lowest BCUT2D eigenvalue weighted by Gasteiger charge is -2.18. The molecule has 0 saturated heterocycles. The van der Waals surface area contributed by atoms with Gasteiger partial charge in [-0.15, -0.1) is 0 Å². The molecule has 0 unspecified atom stereocenters. The lowest BCUT2D eigenvalue weighted by atomic mass is 10.1. The summed E-state index contributed by atoms with van der Waals surface area (Å²) in [4.78, 5) is 19.8. The Hall–Kier alpha value is -1.95. The molecule has 0 atom stereocenters. The predicted octanol–water partition coefficient (Wildman–Crippen LogP) is 2.33. The van der Waals surface area contributed by atoms with Crippen molar-refractivity contribution in [2.24, 2.45) is 5.92 Å². The summed E-state index contributed by atoms with van der Waals surface area (Å²) >= 11 is 0. The fraction of sp³-hybridized carbons (Fsp3) is 0.632. The quantitative estimate of drug-likeness (QED) is 0.846. The van der Waals surface area contributed by atoms with E-state index in [1.165, 1.54) is 42.6 Å². The summed E-state index contributed by atoms with van der Waals surface area (Å²) in [7, 11) is 0. The van der Waals surface area contributed by atoms with E-state index in [9.17, 15) is 0 Å². The van der Waals surface area contributed by atoms with E-state index in [0.717, 1.165) is 56.5 Å². The molecule has 0 bridgehead atoms. The highest BCUT2D eigenvalue weighted by Gasteiger charge is 2.28. The smallest absolute Gasteiger partial charge is 0.133 e. The Morgan fingerprint density at radius 1 is 1.12 bits per heavy atom. The van der Waals surface area contributed by atoms with Gasteiger partial charge in [0.05, 0.1) is 12.0 Å². The summed E-state index contributed by atoms with van der Waals surface area (Å²) in [5, 5.41) is 3.68. The first-order chi connectivity index (χ1) is 12.3. The monoisotopic (exact) mass is 338 g/mol. The summed E-state index contributed by atoms with van der Waals surface area (Å²) in [5.74, 6) is 3.02. The number of hydrogen-bond acceptors (Lipinski definition) is 5. The molecule has 2 aromatic rings. The number of fused-ring (bicyclic) bond motifs is 1. The number of nitrogens with zero attached hydrogens (tertiary/aromatic N) is 4. The third-order valence-electron chi connectivity index (χ3n) is 5.52. The third-order valence-corrected chi connectivity index (χ3v) is 5.52. The van der Waals surface area contributed by atoms with Crippen molar-refractivity contribution in [3.05, 3.63) is 35.3 Å². The molecule has 5 rings (SSSR count). The lowest BCUT2D eigenvalue weighted by molar-refractivity contribution is 0.276. The standard InChI is InChI=1S/C19H26N6/c1-2-13(1)9-18-23-17-6-8-25(11-15-10-20-12-21-15)7-5-16(17)19(24-18)22-14-3-4-14/h10,12-14H,1-9,11H2,(H,20,21)(H,22,23,24). The average molecular weight is 338 g/mol. The number of rotatable bonds is 6. The Balaban J connectivity index is 1.37. The molecule has 3 heterocycles. The van der Waals surface area contributed by atoms with Crippen molar-refractivity contribution in [1.82, 2.24) is 24.8 Å². The molecule has 25 heavy (non-hydrogen) atoms. The molecule has 0 amide bonds. The summed E-state index contributed by atoms with van der Waals surface area (Å²) in [5.41, 5.74) is 3.82. The molecule has 0 spiro atoms. The Morgan fingerprint density at radius 3 is 2.76 bits per heavy atom. The first-order valence-electron chi connectivity index (χ1n) is 9.68. The maximum absolute atomic E-state index is 4.98. The molecule has 2 saturated carbocycles. The van der Waals surface area contributed by atoms with Crippen LogP contribution in [0.5, 0.6) is 0 Å². The Kier molecular flexibility index (Phi) is 3.93. The maximum Gasteiger partial charge on any atom is 0.133 e. The highest BCUT2D eigenvalue weighted by Crippen LogP contribution is 2.33. The summed E-state index contributed by atoms with van der Waals surface area (Å²) in [6, 6.07) is 0.636. The fourth-order valence-electron chi connectivity index (χ4n) is 3.68. The molecule has 132 valence electrons. The SMILES string of the molecule is c1ncc(CN2CCc3nc(CC4CC4)nc(NC4CC4)c3CC2)[nH]1. The zero-order chi connectivity index (χ0) is 16.6. The highest BCUT2D eigenvalue weighted by molar-refractivity contribution is 5.49. The van der Waals surface area contributed by atoms with Crippen LogP contribution in [-0.4, -0.2) is 44.0 Å². The molecule has 0 radical (unpaired) electrons. The predicted molar refractivity (Wildman–Crippen MR) is 96.4 cm³/mol. The van der Waals surface area contributed by atoms with E-state index in [-0.39, 0.29) is 0 Å². The van der Waals surface area contributed by atoms with Crippen molar-refractivity contribution >= 4 is 5.82 Å². The van der Waals surface area contributed by atoms with Gasteiger partial charge in [-0.2, -0.15) is 0 Å². The van der Waals surface area contributed by atoms with Crippen molar-refractivity contribution in [2.45, 2.75) is 57.5 Å². The van der Waals surface area contributed by atoms with Crippen LogP contribution < -0.4 is 5.32 Å². The van der Waals surface area contributed by atoms with E-state index in [1.54, 1.807) is 6.33 Å². The van der Waals surface area contributed by atoms with Crippen LogP contribution >= 0.6 is 0 Å². The van der Waals surface area contributed by atoms with Crippen molar-refractivity contribution in [1.29, 1.82) is 0 Å². The molecule has 2 fully saturated rings. The molecule has 2 aliphatic carbocycles. The number of H-pyrrole nitrogens is 1. The van der Waals surface area contributed by atoms with E-state index < -0.39 is 0 Å². The summed E-state index contributed by atoms with van der Waals surface area (Å²) < 4.78 is 0. The van der Waals surface area contributed by atoms with Gasteiger partial charge in [0.2, 0.25) is 0 Å². The number of anilines is 1. The average Bonchev–Trinajstić information content (AvgIpc) is 3.52. The van der Waals surface area contributed by atoms with Gasteiger partial charge in [0.25, 0.3) is 0 Å². The van der Waals surface area contributed by atoms with E-state index in [2.05, 4.69) is 20.2 Å². The van der Waals surface area contributed by atoms with Crippen LogP contribution in [0.15, 0.2) is 12.5 Å². The molecule has 3 aliphatic rings. The minimum atomic E-state index is 0.636. The van der Waals surface area contributed by atoms with Gasteiger partial charge in [0, 0.05) is 56.0 Å². The number of imidazole rings is 1. The van der Waals surface area contributed by atoms with Crippen LogP contribution in [0, 0.1) is 5.92 Å². The minimum Gasteiger partial charge on any atom is -0.367 e. The van der Waals surface area contributed by atoms with Gasteiger partial charge < -0.3 is 10.3 Å². The van der Waals surface area contributed by atoms with Crippen molar-refractivity contribution in [3.8, 4) is 0 Å². The molecular weight excluding hydrogens is 312 g/mol. The normalized spacial score (nSPS) is 21.0. The molecular formula is C19H26N6. The number of aromatic amines is 1. The molecule has 1 aliphatic heterocycles. The van der Waals surface area contributed by atoms with Gasteiger partial charge in [-0.3, -0.25) is 4.90 Å². The second-order valence-electron chi connectivity index (χ2n) is 7.83. The molecule has 2 aromatic heterocycles. The zero-order valence-corrected chi connectivity index (χ0v) is 14.7. The summed E-state index contributed by atoms with van der Waals surface area (Å²) in [6.07, 6.45) is 12.1.